The average molecular weight is 344 g/mol. The minimum Gasteiger partial charge on any atom is -0.327 e. The molecule has 1 atom stereocenters. The predicted molar refractivity (Wildman–Crippen MR) is 97.8 cm³/mol. The monoisotopic (exact) mass is 344 g/mol. The molecule has 0 spiro atoms. The first-order valence-electron chi connectivity index (χ1n) is 8.35. The molecule has 0 heterocycles. The van der Waals surface area contributed by atoms with Crippen LogP contribution in [0.2, 0.25) is 0 Å². The number of aryl methyl sites for hydroxylation is 1. The third kappa shape index (κ3) is 3.62. The van der Waals surface area contributed by atoms with Crippen LogP contribution >= 0.6 is 0 Å². The quantitative estimate of drug-likeness (QED) is 0.892. The number of anilines is 1. The molecule has 1 aliphatic rings. The van der Waals surface area contributed by atoms with Crippen molar-refractivity contribution in [2.45, 2.75) is 50.0 Å². The van der Waals surface area contributed by atoms with Crippen LogP contribution in [-0.2, 0) is 22.9 Å². The Labute approximate surface area is 144 Å². The van der Waals surface area contributed by atoms with Crippen LogP contribution in [0.1, 0.15) is 42.9 Å². The molecule has 3 rings (SSSR count). The SMILES string of the molecule is CC(C)c1ccc(S(=O)(=O)Nc2ccc3c(c2)CCC(N)C3)cc1. The van der Waals surface area contributed by atoms with Crippen molar-refractivity contribution in [1.29, 1.82) is 0 Å². The fourth-order valence-electron chi connectivity index (χ4n) is 3.09. The Morgan fingerprint density at radius 3 is 2.46 bits per heavy atom. The Morgan fingerprint density at radius 1 is 1.08 bits per heavy atom. The summed E-state index contributed by atoms with van der Waals surface area (Å²) in [5.74, 6) is 0.377. The summed E-state index contributed by atoms with van der Waals surface area (Å²) in [5.41, 5.74) is 10.1. The summed E-state index contributed by atoms with van der Waals surface area (Å²) in [6.07, 6.45) is 2.70. The molecule has 1 unspecified atom stereocenters. The third-order valence-corrected chi connectivity index (χ3v) is 5.98. The molecule has 0 aromatic heterocycles. The molecule has 0 fully saturated rings. The van der Waals surface area contributed by atoms with Crippen molar-refractivity contribution in [3.8, 4) is 0 Å². The first-order chi connectivity index (χ1) is 11.3. The summed E-state index contributed by atoms with van der Waals surface area (Å²) < 4.78 is 27.8. The van der Waals surface area contributed by atoms with Gasteiger partial charge in [-0.1, -0.05) is 32.0 Å². The van der Waals surface area contributed by atoms with Gasteiger partial charge >= 0.3 is 0 Å². The van der Waals surface area contributed by atoms with Crippen LogP contribution in [0.5, 0.6) is 0 Å². The van der Waals surface area contributed by atoms with E-state index in [1.807, 2.05) is 30.3 Å². The van der Waals surface area contributed by atoms with Gasteiger partial charge in [0.25, 0.3) is 10.0 Å². The van der Waals surface area contributed by atoms with E-state index in [9.17, 15) is 8.42 Å². The van der Waals surface area contributed by atoms with Crippen molar-refractivity contribution in [1.82, 2.24) is 0 Å². The van der Waals surface area contributed by atoms with Crippen LogP contribution in [0.25, 0.3) is 0 Å². The average Bonchev–Trinajstić information content (AvgIpc) is 2.55. The number of hydrogen-bond acceptors (Lipinski definition) is 3. The van der Waals surface area contributed by atoms with Crippen LogP contribution < -0.4 is 10.5 Å². The van der Waals surface area contributed by atoms with Crippen molar-refractivity contribution in [3.05, 3.63) is 59.2 Å². The van der Waals surface area contributed by atoms with Crippen molar-refractivity contribution < 1.29 is 8.42 Å². The molecule has 4 nitrogen and oxygen atoms in total. The topological polar surface area (TPSA) is 72.2 Å². The minimum atomic E-state index is -3.57. The van der Waals surface area contributed by atoms with Gasteiger partial charge in [-0.25, -0.2) is 8.42 Å². The molecule has 5 heteroatoms. The predicted octanol–water partition coefficient (Wildman–Crippen LogP) is 3.43. The highest BCUT2D eigenvalue weighted by Gasteiger charge is 2.18. The number of nitrogens with one attached hydrogen (secondary N) is 1. The first kappa shape index (κ1) is 17.0. The Kier molecular flexibility index (Phi) is 4.65. The number of hydrogen-bond donors (Lipinski definition) is 2. The molecule has 24 heavy (non-hydrogen) atoms. The van der Waals surface area contributed by atoms with Crippen molar-refractivity contribution in [3.63, 3.8) is 0 Å². The van der Waals surface area contributed by atoms with E-state index in [2.05, 4.69) is 18.6 Å². The lowest BCUT2D eigenvalue weighted by Crippen LogP contribution is -2.27. The zero-order valence-corrected chi connectivity index (χ0v) is 14.9. The Bertz CT molecular complexity index is 827. The molecular formula is C19H24N2O2S. The van der Waals surface area contributed by atoms with Crippen LogP contribution in [0, 0.1) is 0 Å². The van der Waals surface area contributed by atoms with Gasteiger partial charge in [-0.15, -0.1) is 0 Å². The Morgan fingerprint density at radius 2 is 1.79 bits per heavy atom. The zero-order valence-electron chi connectivity index (χ0n) is 14.1. The van der Waals surface area contributed by atoms with Crippen molar-refractivity contribution in [2.24, 2.45) is 5.73 Å². The second kappa shape index (κ2) is 6.57. The molecule has 0 saturated carbocycles. The second-order valence-electron chi connectivity index (χ2n) is 6.82. The van der Waals surface area contributed by atoms with E-state index < -0.39 is 10.0 Å². The maximum Gasteiger partial charge on any atom is 0.261 e. The largest absolute Gasteiger partial charge is 0.327 e. The number of nitrogens with two attached hydrogens (primary N) is 1. The lowest BCUT2D eigenvalue weighted by Gasteiger charge is -2.22. The van der Waals surface area contributed by atoms with Gasteiger partial charge in [0.15, 0.2) is 0 Å². The molecule has 0 saturated heterocycles. The van der Waals surface area contributed by atoms with E-state index >= 15 is 0 Å². The molecular weight excluding hydrogens is 320 g/mol. The molecule has 1 aliphatic carbocycles. The summed E-state index contributed by atoms with van der Waals surface area (Å²) in [5, 5.41) is 0. The van der Waals surface area contributed by atoms with Crippen LogP contribution in [0.15, 0.2) is 47.4 Å². The maximum absolute atomic E-state index is 12.6. The molecule has 0 bridgehead atoms. The maximum atomic E-state index is 12.6. The summed E-state index contributed by atoms with van der Waals surface area (Å²) in [7, 11) is -3.57. The molecule has 2 aromatic rings. The van der Waals surface area contributed by atoms with Gasteiger partial charge in [0, 0.05) is 11.7 Å². The van der Waals surface area contributed by atoms with Crippen molar-refractivity contribution >= 4 is 15.7 Å². The third-order valence-electron chi connectivity index (χ3n) is 4.58. The van der Waals surface area contributed by atoms with Gasteiger partial charge < -0.3 is 5.73 Å². The summed E-state index contributed by atoms with van der Waals surface area (Å²) >= 11 is 0. The second-order valence-corrected chi connectivity index (χ2v) is 8.50. The van der Waals surface area contributed by atoms with Gasteiger partial charge in [-0.3, -0.25) is 4.72 Å². The lowest BCUT2D eigenvalue weighted by molar-refractivity contribution is 0.576. The molecule has 0 amide bonds. The van der Waals surface area contributed by atoms with E-state index in [1.165, 1.54) is 11.1 Å². The smallest absolute Gasteiger partial charge is 0.261 e. The zero-order chi connectivity index (χ0) is 17.3. The summed E-state index contributed by atoms with van der Waals surface area (Å²) in [4.78, 5) is 0.284. The number of rotatable bonds is 4. The van der Waals surface area contributed by atoms with Gasteiger partial charge in [-0.05, 0) is 66.1 Å². The molecule has 0 aliphatic heterocycles. The standard InChI is InChI=1S/C19H24N2O2S/c1-13(2)14-5-9-19(10-6-14)24(22,23)21-18-8-4-15-11-17(20)7-3-16(15)12-18/h4-6,8-10,12-13,17,21H,3,7,11,20H2,1-2H3. The number of benzene rings is 2. The molecule has 3 N–H and O–H groups in total. The number of fused-ring (bicyclic) bond motifs is 1. The number of sulfonamides is 1. The van der Waals surface area contributed by atoms with Gasteiger partial charge in [0.05, 0.1) is 4.90 Å². The van der Waals surface area contributed by atoms with Crippen molar-refractivity contribution in [2.75, 3.05) is 4.72 Å². The molecule has 0 radical (unpaired) electrons. The molecule has 128 valence electrons. The molecule has 2 aromatic carbocycles. The fraction of sp³-hybridized carbons (Fsp3) is 0.368. The van der Waals surface area contributed by atoms with E-state index in [0.717, 1.165) is 24.8 Å². The summed E-state index contributed by atoms with van der Waals surface area (Å²) in [6.45, 7) is 4.17. The highest BCUT2D eigenvalue weighted by molar-refractivity contribution is 7.92. The Hall–Kier alpha value is -1.85. The lowest BCUT2D eigenvalue weighted by atomic mass is 9.88. The minimum absolute atomic E-state index is 0.208. The van der Waals surface area contributed by atoms with E-state index in [4.69, 9.17) is 5.73 Å². The fourth-order valence-corrected chi connectivity index (χ4v) is 4.14. The first-order valence-corrected chi connectivity index (χ1v) is 9.83. The van der Waals surface area contributed by atoms with Gasteiger partial charge in [-0.2, -0.15) is 0 Å². The van der Waals surface area contributed by atoms with E-state index in [0.29, 0.717) is 11.6 Å². The van der Waals surface area contributed by atoms with E-state index in [-0.39, 0.29) is 10.9 Å². The highest BCUT2D eigenvalue weighted by atomic mass is 32.2. The summed E-state index contributed by atoms with van der Waals surface area (Å²) in [6, 6.07) is 13.0. The highest BCUT2D eigenvalue weighted by Crippen LogP contribution is 2.26. The van der Waals surface area contributed by atoms with Crippen LogP contribution in [0.3, 0.4) is 0 Å². The van der Waals surface area contributed by atoms with Crippen LogP contribution in [0.4, 0.5) is 5.69 Å². The Balaban J connectivity index is 1.82. The normalized spacial score (nSPS) is 17.6. The van der Waals surface area contributed by atoms with E-state index in [1.54, 1.807) is 12.1 Å². The van der Waals surface area contributed by atoms with Crippen LogP contribution in [-0.4, -0.2) is 14.5 Å². The van der Waals surface area contributed by atoms with Gasteiger partial charge in [0.2, 0.25) is 0 Å². The van der Waals surface area contributed by atoms with Gasteiger partial charge in [0.1, 0.15) is 0 Å².